The highest BCUT2D eigenvalue weighted by molar-refractivity contribution is 5.70. The molecule has 1 aromatic carbocycles. The van der Waals surface area contributed by atoms with Crippen LogP contribution in [0.4, 0.5) is 4.79 Å². The highest BCUT2D eigenvalue weighted by Crippen LogP contribution is 2.38. The summed E-state index contributed by atoms with van der Waals surface area (Å²) < 4.78 is 11.2. The van der Waals surface area contributed by atoms with Gasteiger partial charge in [-0.1, -0.05) is 30.3 Å². The van der Waals surface area contributed by atoms with Gasteiger partial charge in [-0.15, -0.1) is 0 Å². The number of hydrogen-bond acceptors (Lipinski definition) is 4. The summed E-state index contributed by atoms with van der Waals surface area (Å²) in [6.45, 7) is 1.70. The monoisotopic (exact) mass is 333 g/mol. The SMILES string of the molecule is O=C(O)C1COC2(CCCN(C(=O)OCc3ccccc3)CC2)C1. The Kier molecular flexibility index (Phi) is 5.04. The molecular weight excluding hydrogens is 310 g/mol. The summed E-state index contributed by atoms with van der Waals surface area (Å²) in [4.78, 5) is 25.1. The van der Waals surface area contributed by atoms with Gasteiger partial charge >= 0.3 is 12.1 Å². The fraction of sp³-hybridized carbons (Fsp3) is 0.556. The molecule has 1 N–H and O–H groups in total. The second kappa shape index (κ2) is 7.21. The lowest BCUT2D eigenvalue weighted by Crippen LogP contribution is -2.34. The van der Waals surface area contributed by atoms with Gasteiger partial charge in [-0.05, 0) is 31.2 Å². The first-order chi connectivity index (χ1) is 11.6. The predicted octanol–water partition coefficient (Wildman–Crippen LogP) is 2.67. The summed E-state index contributed by atoms with van der Waals surface area (Å²) >= 11 is 0. The molecule has 1 aromatic rings. The molecule has 0 aromatic heterocycles. The number of carboxylic acids is 1. The van der Waals surface area contributed by atoms with Crippen LogP contribution in [0.2, 0.25) is 0 Å². The summed E-state index contributed by atoms with van der Waals surface area (Å²) in [5.41, 5.74) is 0.568. The van der Waals surface area contributed by atoms with E-state index in [1.54, 1.807) is 4.90 Å². The lowest BCUT2D eigenvalue weighted by molar-refractivity contribution is -0.141. The maximum absolute atomic E-state index is 12.3. The molecule has 2 fully saturated rings. The Labute approximate surface area is 141 Å². The van der Waals surface area contributed by atoms with E-state index < -0.39 is 17.5 Å². The first-order valence-corrected chi connectivity index (χ1v) is 8.40. The van der Waals surface area contributed by atoms with Crippen LogP contribution < -0.4 is 0 Å². The van der Waals surface area contributed by atoms with Crippen LogP contribution in [-0.2, 0) is 20.9 Å². The van der Waals surface area contributed by atoms with Gasteiger partial charge in [0, 0.05) is 13.1 Å². The minimum absolute atomic E-state index is 0.263. The molecule has 3 rings (SSSR count). The average molecular weight is 333 g/mol. The van der Waals surface area contributed by atoms with Crippen molar-refractivity contribution in [3.8, 4) is 0 Å². The van der Waals surface area contributed by atoms with Crippen molar-refractivity contribution in [1.82, 2.24) is 4.90 Å². The van der Waals surface area contributed by atoms with Gasteiger partial charge in [0.15, 0.2) is 0 Å². The van der Waals surface area contributed by atoms with E-state index in [1.165, 1.54) is 0 Å². The second-order valence-corrected chi connectivity index (χ2v) is 6.61. The number of likely N-dealkylation sites (tertiary alicyclic amines) is 1. The van der Waals surface area contributed by atoms with Crippen LogP contribution in [-0.4, -0.2) is 47.4 Å². The van der Waals surface area contributed by atoms with Crippen molar-refractivity contribution in [2.45, 2.75) is 37.9 Å². The summed E-state index contributed by atoms with van der Waals surface area (Å²) in [5, 5.41) is 9.15. The highest BCUT2D eigenvalue weighted by atomic mass is 16.6. The molecule has 2 aliphatic heterocycles. The molecule has 130 valence electrons. The topological polar surface area (TPSA) is 76.1 Å². The van der Waals surface area contributed by atoms with Gasteiger partial charge in [-0.3, -0.25) is 4.79 Å². The van der Waals surface area contributed by atoms with Crippen LogP contribution in [0.1, 0.15) is 31.2 Å². The average Bonchev–Trinajstić information content (AvgIpc) is 2.89. The number of ether oxygens (including phenoxy) is 2. The zero-order valence-corrected chi connectivity index (χ0v) is 13.6. The third kappa shape index (κ3) is 3.87. The van der Waals surface area contributed by atoms with E-state index in [9.17, 15) is 9.59 Å². The standard InChI is InChI=1S/C18H23NO5/c20-16(21)15-11-18(24-13-15)7-4-9-19(10-8-18)17(22)23-12-14-5-2-1-3-6-14/h1-3,5-6,15H,4,7-13H2,(H,20,21). The summed E-state index contributed by atoms with van der Waals surface area (Å²) in [7, 11) is 0. The lowest BCUT2D eigenvalue weighted by Gasteiger charge is -2.26. The molecule has 0 bridgehead atoms. The molecule has 2 unspecified atom stereocenters. The number of amides is 1. The molecule has 6 heteroatoms. The Bertz CT molecular complexity index is 590. The quantitative estimate of drug-likeness (QED) is 0.920. The van der Waals surface area contributed by atoms with Gasteiger partial charge in [0.25, 0.3) is 0 Å². The number of hydrogen-bond donors (Lipinski definition) is 1. The molecule has 1 spiro atoms. The largest absolute Gasteiger partial charge is 0.481 e. The maximum Gasteiger partial charge on any atom is 0.410 e. The Balaban J connectivity index is 1.52. The molecule has 2 saturated heterocycles. The van der Waals surface area contributed by atoms with Crippen LogP contribution in [0.3, 0.4) is 0 Å². The molecule has 0 aliphatic carbocycles. The Morgan fingerprint density at radius 3 is 2.75 bits per heavy atom. The van der Waals surface area contributed by atoms with E-state index in [1.807, 2.05) is 30.3 Å². The molecule has 6 nitrogen and oxygen atoms in total. The van der Waals surface area contributed by atoms with Crippen molar-refractivity contribution in [3.63, 3.8) is 0 Å². The summed E-state index contributed by atoms with van der Waals surface area (Å²) in [6.07, 6.45) is 2.47. The molecule has 0 radical (unpaired) electrons. The van der Waals surface area contributed by atoms with Gasteiger partial charge in [0.2, 0.25) is 0 Å². The van der Waals surface area contributed by atoms with Crippen molar-refractivity contribution >= 4 is 12.1 Å². The number of nitrogens with zero attached hydrogens (tertiary/aromatic N) is 1. The van der Waals surface area contributed by atoms with Gasteiger partial charge in [-0.2, -0.15) is 0 Å². The molecule has 2 atom stereocenters. The van der Waals surface area contributed by atoms with Crippen molar-refractivity contribution in [2.24, 2.45) is 5.92 Å². The number of carbonyl (C=O) groups is 2. The Morgan fingerprint density at radius 2 is 2.04 bits per heavy atom. The van der Waals surface area contributed by atoms with E-state index >= 15 is 0 Å². The zero-order valence-electron chi connectivity index (χ0n) is 13.6. The fourth-order valence-electron chi connectivity index (χ4n) is 3.51. The van der Waals surface area contributed by atoms with Crippen LogP contribution in [0.5, 0.6) is 0 Å². The maximum atomic E-state index is 12.3. The highest BCUT2D eigenvalue weighted by Gasteiger charge is 2.44. The van der Waals surface area contributed by atoms with Crippen LogP contribution in [0.15, 0.2) is 30.3 Å². The van der Waals surface area contributed by atoms with E-state index in [-0.39, 0.29) is 19.3 Å². The zero-order chi connectivity index (χ0) is 17.0. The van der Waals surface area contributed by atoms with E-state index in [0.29, 0.717) is 25.9 Å². The Hall–Kier alpha value is -2.08. The Morgan fingerprint density at radius 1 is 1.25 bits per heavy atom. The smallest absolute Gasteiger partial charge is 0.410 e. The first-order valence-electron chi connectivity index (χ1n) is 8.40. The van der Waals surface area contributed by atoms with Gasteiger partial charge in [-0.25, -0.2) is 4.79 Å². The summed E-state index contributed by atoms with van der Waals surface area (Å²) in [6, 6.07) is 9.59. The van der Waals surface area contributed by atoms with Crippen LogP contribution >= 0.6 is 0 Å². The normalized spacial score (nSPS) is 27.0. The molecule has 1 amide bonds. The van der Waals surface area contributed by atoms with Gasteiger partial charge < -0.3 is 19.5 Å². The number of carbonyl (C=O) groups excluding carboxylic acids is 1. The van der Waals surface area contributed by atoms with Crippen LogP contribution in [0, 0.1) is 5.92 Å². The second-order valence-electron chi connectivity index (χ2n) is 6.61. The predicted molar refractivity (Wildman–Crippen MR) is 86.5 cm³/mol. The first kappa shape index (κ1) is 16.8. The molecule has 2 aliphatic rings. The van der Waals surface area contributed by atoms with Crippen molar-refractivity contribution in [3.05, 3.63) is 35.9 Å². The third-order valence-electron chi connectivity index (χ3n) is 4.92. The third-order valence-corrected chi connectivity index (χ3v) is 4.92. The van der Waals surface area contributed by atoms with Crippen molar-refractivity contribution in [2.75, 3.05) is 19.7 Å². The number of rotatable bonds is 3. The van der Waals surface area contributed by atoms with E-state index in [4.69, 9.17) is 14.6 Å². The van der Waals surface area contributed by atoms with Gasteiger partial charge in [0.1, 0.15) is 6.61 Å². The van der Waals surface area contributed by atoms with Crippen molar-refractivity contribution < 1.29 is 24.2 Å². The van der Waals surface area contributed by atoms with E-state index in [2.05, 4.69) is 0 Å². The molecule has 2 heterocycles. The lowest BCUT2D eigenvalue weighted by atomic mass is 9.88. The van der Waals surface area contributed by atoms with Crippen LogP contribution in [0.25, 0.3) is 0 Å². The van der Waals surface area contributed by atoms with Crippen molar-refractivity contribution in [1.29, 1.82) is 0 Å². The van der Waals surface area contributed by atoms with Gasteiger partial charge in [0.05, 0.1) is 18.1 Å². The molecule has 0 saturated carbocycles. The molecular formula is C18H23NO5. The van der Waals surface area contributed by atoms with E-state index in [0.717, 1.165) is 18.4 Å². The number of aliphatic carboxylic acids is 1. The summed E-state index contributed by atoms with van der Waals surface area (Å²) in [5.74, 6) is -1.23. The minimum Gasteiger partial charge on any atom is -0.481 e. The number of benzene rings is 1. The number of carboxylic acid groups (broad SMARTS) is 1. The molecule has 24 heavy (non-hydrogen) atoms. The fourth-order valence-corrected chi connectivity index (χ4v) is 3.51. The minimum atomic E-state index is -0.796.